The van der Waals surface area contributed by atoms with Crippen molar-refractivity contribution in [2.45, 2.75) is 25.9 Å². The first-order chi connectivity index (χ1) is 18.1. The highest BCUT2D eigenvalue weighted by Gasteiger charge is 2.54. The van der Waals surface area contributed by atoms with Gasteiger partial charge in [0.15, 0.2) is 0 Å². The summed E-state index contributed by atoms with van der Waals surface area (Å²) in [6, 6.07) is 9.24. The van der Waals surface area contributed by atoms with Crippen LogP contribution in [-0.2, 0) is 11.3 Å². The highest BCUT2D eigenvalue weighted by atomic mass is 35.5. The van der Waals surface area contributed by atoms with Gasteiger partial charge in [0.1, 0.15) is 5.82 Å². The maximum Gasteiger partial charge on any atom is 0.354 e. The van der Waals surface area contributed by atoms with E-state index in [0.717, 1.165) is 49.6 Å². The molecule has 0 bridgehead atoms. The number of carbonyl (C=O) groups is 2. The van der Waals surface area contributed by atoms with Crippen LogP contribution in [0.2, 0.25) is 0 Å². The second-order valence-corrected chi connectivity index (χ2v) is 11.3. The SMILES string of the molecule is CNCC1C2CN(Cc3ccc(-n4ccc(NC(=O)N5CCN(C(=O)C(C)(C)N)CC5)nc4=O)cc3)CC12.Cl. The van der Waals surface area contributed by atoms with E-state index in [1.807, 2.05) is 19.2 Å². The van der Waals surface area contributed by atoms with Gasteiger partial charge < -0.3 is 20.9 Å². The van der Waals surface area contributed by atoms with Crippen molar-refractivity contribution in [2.24, 2.45) is 23.5 Å². The minimum Gasteiger partial charge on any atom is -0.338 e. The second kappa shape index (κ2) is 11.6. The van der Waals surface area contributed by atoms with Gasteiger partial charge >= 0.3 is 11.7 Å². The van der Waals surface area contributed by atoms with E-state index in [-0.39, 0.29) is 30.2 Å². The first-order valence-electron chi connectivity index (χ1n) is 13.3. The molecule has 12 heteroatoms. The van der Waals surface area contributed by atoms with Crippen LogP contribution in [0.1, 0.15) is 19.4 Å². The summed E-state index contributed by atoms with van der Waals surface area (Å²) in [4.78, 5) is 47.6. The number of nitrogens with zero attached hydrogens (tertiary/aromatic N) is 5. The van der Waals surface area contributed by atoms with Crippen LogP contribution < -0.4 is 22.1 Å². The third-order valence-corrected chi connectivity index (χ3v) is 7.95. The zero-order valence-electron chi connectivity index (χ0n) is 22.8. The Morgan fingerprint density at radius 3 is 2.21 bits per heavy atom. The monoisotopic (exact) mass is 558 g/mol. The Bertz CT molecular complexity index is 1220. The number of carbonyl (C=O) groups excluding carboxylic acids is 2. The number of halogens is 1. The molecule has 3 aliphatic rings. The maximum absolute atomic E-state index is 12.7. The predicted molar refractivity (Wildman–Crippen MR) is 152 cm³/mol. The molecule has 39 heavy (non-hydrogen) atoms. The molecule has 2 aromatic rings. The van der Waals surface area contributed by atoms with Crippen LogP contribution in [-0.4, -0.2) is 94.6 Å². The number of piperazine rings is 1. The van der Waals surface area contributed by atoms with Gasteiger partial charge in [0.25, 0.3) is 0 Å². The van der Waals surface area contributed by atoms with Crippen molar-refractivity contribution in [3.63, 3.8) is 0 Å². The van der Waals surface area contributed by atoms with Gasteiger partial charge in [0.05, 0.1) is 11.2 Å². The Morgan fingerprint density at radius 1 is 1.03 bits per heavy atom. The molecule has 2 aliphatic heterocycles. The summed E-state index contributed by atoms with van der Waals surface area (Å²) >= 11 is 0. The number of fused-ring (bicyclic) bond motifs is 1. The molecule has 0 radical (unpaired) electrons. The average molecular weight is 559 g/mol. The number of urea groups is 1. The number of aromatic nitrogens is 2. The zero-order valence-corrected chi connectivity index (χ0v) is 23.6. The summed E-state index contributed by atoms with van der Waals surface area (Å²) in [6.07, 6.45) is 1.62. The molecular weight excluding hydrogens is 520 g/mol. The zero-order chi connectivity index (χ0) is 27.0. The molecule has 5 rings (SSSR count). The molecule has 1 saturated carbocycles. The second-order valence-electron chi connectivity index (χ2n) is 11.3. The van der Waals surface area contributed by atoms with Gasteiger partial charge in [-0.05, 0) is 69.0 Å². The third-order valence-electron chi connectivity index (χ3n) is 7.95. The summed E-state index contributed by atoms with van der Waals surface area (Å²) in [5, 5.41) is 5.99. The van der Waals surface area contributed by atoms with E-state index >= 15 is 0 Å². The van der Waals surface area contributed by atoms with Crippen LogP contribution in [0.3, 0.4) is 0 Å². The molecule has 1 aromatic carbocycles. The van der Waals surface area contributed by atoms with E-state index in [2.05, 4.69) is 32.7 Å². The number of benzene rings is 1. The largest absolute Gasteiger partial charge is 0.354 e. The molecule has 2 saturated heterocycles. The van der Waals surface area contributed by atoms with Crippen LogP contribution in [0.4, 0.5) is 10.6 Å². The van der Waals surface area contributed by atoms with Crippen molar-refractivity contribution in [2.75, 3.05) is 58.2 Å². The number of nitrogens with one attached hydrogen (secondary N) is 2. The number of nitrogens with two attached hydrogens (primary N) is 1. The van der Waals surface area contributed by atoms with Crippen molar-refractivity contribution in [1.29, 1.82) is 0 Å². The van der Waals surface area contributed by atoms with Crippen LogP contribution in [0.25, 0.3) is 5.69 Å². The predicted octanol–water partition coefficient (Wildman–Crippen LogP) is 0.965. The highest BCUT2D eigenvalue weighted by Crippen LogP contribution is 2.51. The lowest BCUT2D eigenvalue weighted by Crippen LogP contribution is -2.58. The molecule has 2 unspecified atom stereocenters. The molecule has 4 N–H and O–H groups in total. The summed E-state index contributed by atoms with van der Waals surface area (Å²) in [7, 11) is 2.02. The molecule has 212 valence electrons. The molecule has 3 amide bonds. The Morgan fingerprint density at radius 2 is 1.64 bits per heavy atom. The van der Waals surface area contributed by atoms with E-state index in [4.69, 9.17) is 5.73 Å². The molecule has 2 atom stereocenters. The van der Waals surface area contributed by atoms with E-state index in [1.54, 1.807) is 35.9 Å². The van der Waals surface area contributed by atoms with Crippen LogP contribution in [0.5, 0.6) is 0 Å². The van der Waals surface area contributed by atoms with Crippen LogP contribution in [0, 0.1) is 17.8 Å². The summed E-state index contributed by atoms with van der Waals surface area (Å²) in [5.74, 6) is 2.57. The normalized spacial score (nSPS) is 22.7. The summed E-state index contributed by atoms with van der Waals surface area (Å²) < 4.78 is 1.46. The fourth-order valence-corrected chi connectivity index (χ4v) is 5.80. The van der Waals surface area contributed by atoms with Crippen molar-refractivity contribution in [1.82, 2.24) is 29.6 Å². The maximum atomic E-state index is 12.7. The van der Waals surface area contributed by atoms with E-state index < -0.39 is 11.2 Å². The van der Waals surface area contributed by atoms with Crippen LogP contribution >= 0.6 is 12.4 Å². The Hall–Kier alpha value is -2.99. The first-order valence-corrected chi connectivity index (χ1v) is 13.3. The Kier molecular flexibility index (Phi) is 8.65. The number of hydrogen-bond donors (Lipinski definition) is 3. The number of piperidine rings is 1. The minimum atomic E-state index is -0.942. The number of hydrogen-bond acceptors (Lipinski definition) is 7. The Labute approximate surface area is 235 Å². The third kappa shape index (κ3) is 6.43. The van der Waals surface area contributed by atoms with Gasteiger partial charge in [-0.15, -0.1) is 12.4 Å². The van der Waals surface area contributed by atoms with Gasteiger partial charge in [-0.1, -0.05) is 12.1 Å². The Balaban J connectivity index is 0.00000353. The molecule has 0 spiro atoms. The molecule has 11 nitrogen and oxygen atoms in total. The topological polar surface area (TPSA) is 129 Å². The smallest absolute Gasteiger partial charge is 0.338 e. The summed E-state index contributed by atoms with van der Waals surface area (Å²) in [6.45, 7) is 9.30. The van der Waals surface area contributed by atoms with Gasteiger partial charge in [-0.2, -0.15) is 4.98 Å². The molecular formula is C27H39ClN8O3. The average Bonchev–Trinajstić information content (AvgIpc) is 3.33. The highest BCUT2D eigenvalue weighted by molar-refractivity contribution is 5.89. The fourth-order valence-electron chi connectivity index (χ4n) is 5.80. The van der Waals surface area contributed by atoms with Crippen molar-refractivity contribution in [3.05, 3.63) is 52.6 Å². The van der Waals surface area contributed by atoms with E-state index in [9.17, 15) is 14.4 Å². The molecule has 1 aliphatic carbocycles. The van der Waals surface area contributed by atoms with Gasteiger partial charge in [0, 0.05) is 52.0 Å². The molecule has 3 fully saturated rings. The van der Waals surface area contributed by atoms with Crippen molar-refractivity contribution in [3.8, 4) is 5.69 Å². The number of rotatable bonds is 7. The van der Waals surface area contributed by atoms with E-state index in [1.165, 1.54) is 10.1 Å². The lowest BCUT2D eigenvalue weighted by Gasteiger charge is -2.37. The van der Waals surface area contributed by atoms with Gasteiger partial charge in [-0.25, -0.2) is 9.59 Å². The van der Waals surface area contributed by atoms with Crippen molar-refractivity contribution >= 4 is 30.2 Å². The quantitative estimate of drug-likeness (QED) is 0.462. The van der Waals surface area contributed by atoms with Gasteiger partial charge in [-0.3, -0.25) is 19.6 Å². The number of amides is 3. The van der Waals surface area contributed by atoms with Crippen molar-refractivity contribution < 1.29 is 9.59 Å². The van der Waals surface area contributed by atoms with Gasteiger partial charge in [0.2, 0.25) is 5.91 Å². The molecule has 3 heterocycles. The van der Waals surface area contributed by atoms with Crippen LogP contribution in [0.15, 0.2) is 41.3 Å². The standard InChI is InChI=1S/C27H38N8O3.ClH/c1-27(2,28)24(36)33-10-12-34(13-11-33)25(37)30-23-8-9-35(26(38)31-23)19-6-4-18(5-7-19)15-32-16-21-20(14-29-3)22(21)17-32;/h4-9,20-22,29H,10-17,28H2,1-3H3,(H,30,31,37,38);1H. The van der Waals surface area contributed by atoms with E-state index in [0.29, 0.717) is 26.2 Å². The first kappa shape index (κ1) is 29.0. The summed E-state index contributed by atoms with van der Waals surface area (Å²) in [5.41, 5.74) is 6.45. The minimum absolute atomic E-state index is 0. The molecule has 1 aromatic heterocycles. The lowest BCUT2D eigenvalue weighted by atomic mass is 10.1. The number of likely N-dealkylation sites (tertiary alicyclic amines) is 1. The lowest BCUT2D eigenvalue weighted by molar-refractivity contribution is -0.137. The number of anilines is 1. The fraction of sp³-hybridized carbons (Fsp3) is 0.556.